The van der Waals surface area contributed by atoms with Gasteiger partial charge >= 0.3 is 0 Å². The molecule has 0 N–H and O–H groups in total. The molecule has 0 radical (unpaired) electrons. The van der Waals surface area contributed by atoms with E-state index in [1.807, 2.05) is 23.5 Å². The van der Waals surface area contributed by atoms with E-state index in [2.05, 4.69) is 206 Å². The maximum atomic E-state index is 5.57. The van der Waals surface area contributed by atoms with Crippen molar-refractivity contribution < 1.29 is 9.47 Å². The Morgan fingerprint density at radius 1 is 0.391 bits per heavy atom. The summed E-state index contributed by atoms with van der Waals surface area (Å²) in [4.78, 5) is 4.76. The Morgan fingerprint density at radius 2 is 0.719 bits per heavy atom. The number of benzene rings is 8. The molecule has 2 fully saturated rings. The molecule has 2 heterocycles. The predicted octanol–water partition coefficient (Wildman–Crippen LogP) is 15.9. The molecule has 0 spiro atoms. The SMILES string of the molecule is CCC1(CSCc2ccc(N(c3ccc(-c4ccc(N(c5ccc(CSCC6(CC)COC6)cc5)c5ccc6ccccc6c5)cc4)cc3)c3ccc4ccccc4c3)cc2)COC1. The minimum absolute atomic E-state index is 0.361. The molecule has 0 atom stereocenters. The van der Waals surface area contributed by atoms with Crippen molar-refractivity contribution in [2.45, 2.75) is 38.2 Å². The topological polar surface area (TPSA) is 24.9 Å². The zero-order chi connectivity index (χ0) is 43.4. The average Bonchev–Trinajstić information content (AvgIpc) is 3.32. The van der Waals surface area contributed by atoms with Gasteiger partial charge in [0.15, 0.2) is 0 Å². The first-order valence-corrected chi connectivity index (χ1v) is 25.1. The maximum absolute atomic E-state index is 5.57. The zero-order valence-electron chi connectivity index (χ0n) is 36.9. The Kier molecular flexibility index (Phi) is 12.5. The molecule has 6 heteroatoms. The minimum Gasteiger partial charge on any atom is -0.380 e. The van der Waals surface area contributed by atoms with Gasteiger partial charge in [0, 0.05) is 68.0 Å². The summed E-state index contributed by atoms with van der Waals surface area (Å²) in [7, 11) is 0. The molecule has 0 bridgehead atoms. The van der Waals surface area contributed by atoms with Crippen LogP contribution in [0.15, 0.2) is 182 Å². The average molecular weight is 877 g/mol. The highest BCUT2D eigenvalue weighted by Crippen LogP contribution is 2.41. The molecule has 0 saturated carbocycles. The number of hydrogen-bond donors (Lipinski definition) is 0. The summed E-state index contributed by atoms with van der Waals surface area (Å²) in [6, 6.07) is 67.1. The van der Waals surface area contributed by atoms with Gasteiger partial charge in [-0.2, -0.15) is 23.5 Å². The van der Waals surface area contributed by atoms with E-state index in [4.69, 9.17) is 9.47 Å². The third-order valence-corrected chi connectivity index (χ3v) is 16.2. The van der Waals surface area contributed by atoms with E-state index in [0.29, 0.717) is 10.8 Å². The third kappa shape index (κ3) is 9.07. The lowest BCUT2D eigenvalue weighted by atomic mass is 9.86. The number of anilines is 6. The molecular weight excluding hydrogens is 821 g/mol. The van der Waals surface area contributed by atoms with Gasteiger partial charge in [0.2, 0.25) is 0 Å². The molecular formula is C58H56N2O2S2. The van der Waals surface area contributed by atoms with Crippen molar-refractivity contribution in [3.8, 4) is 11.1 Å². The molecule has 10 rings (SSSR count). The number of fused-ring (bicyclic) bond motifs is 2. The van der Waals surface area contributed by atoms with Gasteiger partial charge in [-0.25, -0.2) is 0 Å². The second kappa shape index (κ2) is 18.9. The van der Waals surface area contributed by atoms with Crippen LogP contribution in [0.3, 0.4) is 0 Å². The molecule has 8 aromatic rings. The van der Waals surface area contributed by atoms with Gasteiger partial charge in [0.05, 0.1) is 26.4 Å². The number of hydrogen-bond acceptors (Lipinski definition) is 6. The predicted molar refractivity (Wildman–Crippen MR) is 276 cm³/mol. The lowest BCUT2D eigenvalue weighted by molar-refractivity contribution is -0.0994. The molecule has 322 valence electrons. The summed E-state index contributed by atoms with van der Waals surface area (Å²) < 4.78 is 11.1. The fourth-order valence-corrected chi connectivity index (χ4v) is 11.6. The maximum Gasteiger partial charge on any atom is 0.0552 e. The molecule has 0 amide bonds. The van der Waals surface area contributed by atoms with E-state index in [1.165, 1.54) is 56.6 Å². The van der Waals surface area contributed by atoms with Crippen molar-refractivity contribution in [3.63, 3.8) is 0 Å². The Morgan fingerprint density at radius 3 is 1.05 bits per heavy atom. The van der Waals surface area contributed by atoms with Crippen LogP contribution >= 0.6 is 23.5 Å². The molecule has 0 aromatic heterocycles. The van der Waals surface area contributed by atoms with Gasteiger partial charge in [0.1, 0.15) is 0 Å². The van der Waals surface area contributed by atoms with Crippen molar-refractivity contribution in [1.82, 2.24) is 0 Å². The Balaban J connectivity index is 0.905. The number of nitrogens with zero attached hydrogens (tertiary/aromatic N) is 2. The Labute approximate surface area is 387 Å². The highest BCUT2D eigenvalue weighted by molar-refractivity contribution is 7.98. The van der Waals surface area contributed by atoms with E-state index >= 15 is 0 Å². The molecule has 8 aromatic carbocycles. The van der Waals surface area contributed by atoms with Gasteiger partial charge < -0.3 is 19.3 Å². The van der Waals surface area contributed by atoms with Crippen LogP contribution in [0.2, 0.25) is 0 Å². The Hall–Kier alpha value is -5.50. The first-order chi connectivity index (χ1) is 31.5. The lowest BCUT2D eigenvalue weighted by Crippen LogP contribution is -2.44. The summed E-state index contributed by atoms with van der Waals surface area (Å²) in [5.74, 6) is 4.31. The van der Waals surface area contributed by atoms with Gasteiger partial charge in [-0.15, -0.1) is 0 Å². The fraction of sp³-hybridized carbons (Fsp3) is 0.241. The monoisotopic (exact) mass is 876 g/mol. The molecule has 2 aliphatic rings. The zero-order valence-corrected chi connectivity index (χ0v) is 38.6. The summed E-state index contributed by atoms with van der Waals surface area (Å²) in [6.45, 7) is 8.18. The van der Waals surface area contributed by atoms with Gasteiger partial charge in [0.25, 0.3) is 0 Å². The molecule has 2 aliphatic heterocycles. The van der Waals surface area contributed by atoms with E-state index < -0.39 is 0 Å². The van der Waals surface area contributed by atoms with Crippen LogP contribution in [0.4, 0.5) is 34.1 Å². The first-order valence-electron chi connectivity index (χ1n) is 22.8. The van der Waals surface area contributed by atoms with Gasteiger partial charge in [-0.05, 0) is 129 Å². The molecule has 2 saturated heterocycles. The van der Waals surface area contributed by atoms with E-state index in [1.54, 1.807) is 0 Å². The van der Waals surface area contributed by atoms with E-state index in [0.717, 1.165) is 83.6 Å². The van der Waals surface area contributed by atoms with Crippen LogP contribution in [0, 0.1) is 10.8 Å². The third-order valence-electron chi connectivity index (χ3n) is 13.4. The second-order valence-corrected chi connectivity index (χ2v) is 19.8. The highest BCUT2D eigenvalue weighted by Gasteiger charge is 2.37. The van der Waals surface area contributed by atoms with E-state index in [9.17, 15) is 0 Å². The quantitative estimate of drug-likeness (QED) is 0.0904. The Bertz CT molecular complexity index is 2610. The van der Waals surface area contributed by atoms with Crippen LogP contribution in [-0.4, -0.2) is 37.9 Å². The van der Waals surface area contributed by atoms with E-state index in [-0.39, 0.29) is 0 Å². The largest absolute Gasteiger partial charge is 0.380 e. The van der Waals surface area contributed by atoms with Crippen molar-refractivity contribution in [2.24, 2.45) is 10.8 Å². The lowest BCUT2D eigenvalue weighted by Gasteiger charge is -2.40. The van der Waals surface area contributed by atoms with Crippen LogP contribution in [0.25, 0.3) is 32.7 Å². The number of rotatable bonds is 17. The molecule has 4 nitrogen and oxygen atoms in total. The first kappa shape index (κ1) is 42.5. The van der Waals surface area contributed by atoms with Crippen molar-refractivity contribution in [1.29, 1.82) is 0 Å². The molecule has 64 heavy (non-hydrogen) atoms. The van der Waals surface area contributed by atoms with Crippen molar-refractivity contribution >= 4 is 79.2 Å². The summed E-state index contributed by atoms with van der Waals surface area (Å²) in [5, 5.41) is 4.94. The smallest absolute Gasteiger partial charge is 0.0552 e. The molecule has 0 unspecified atom stereocenters. The highest BCUT2D eigenvalue weighted by atomic mass is 32.2. The van der Waals surface area contributed by atoms with Crippen LogP contribution in [0.5, 0.6) is 0 Å². The van der Waals surface area contributed by atoms with Crippen LogP contribution < -0.4 is 9.80 Å². The van der Waals surface area contributed by atoms with Gasteiger partial charge in [-0.3, -0.25) is 0 Å². The normalized spacial score (nSPS) is 15.1. The van der Waals surface area contributed by atoms with Crippen molar-refractivity contribution in [2.75, 3.05) is 47.7 Å². The van der Waals surface area contributed by atoms with Gasteiger partial charge in [-0.1, -0.05) is 123 Å². The summed E-state index contributed by atoms with van der Waals surface area (Å²) in [6.07, 6.45) is 2.36. The minimum atomic E-state index is 0.361. The van der Waals surface area contributed by atoms with Crippen molar-refractivity contribution in [3.05, 3.63) is 193 Å². The van der Waals surface area contributed by atoms with Crippen LogP contribution in [-0.2, 0) is 21.0 Å². The van der Waals surface area contributed by atoms with Crippen LogP contribution in [0.1, 0.15) is 37.8 Å². The summed E-state index contributed by atoms with van der Waals surface area (Å²) >= 11 is 4.06. The fourth-order valence-electron chi connectivity index (χ4n) is 8.95. The number of thioether (sulfide) groups is 2. The standard InChI is InChI=1S/C58H56N2O2S2/c1-3-57(37-61-38-57)41-63-35-43-13-23-51(24-14-43)59(55-31-21-45-9-5-7-11-49(45)33-55)53-27-17-47(18-28-53)48-19-29-54(30-20-48)60(56-32-22-46-10-6-8-12-50(46)34-56)52-25-15-44(16-26-52)36-64-42-58(4-2)39-62-40-58/h5-34H,3-4,35-42H2,1-2H3. The number of ether oxygens (including phenoxy) is 2. The second-order valence-electron chi connectivity index (χ2n) is 17.8. The summed E-state index contributed by atoms with van der Waals surface area (Å²) in [5.41, 5.74) is 12.6. The molecule has 0 aliphatic carbocycles.